The molecule has 136 valence electrons. The summed E-state index contributed by atoms with van der Waals surface area (Å²) < 4.78 is 26.1. The summed E-state index contributed by atoms with van der Waals surface area (Å²) in [5.74, 6) is 0.0262. The molecule has 3 aromatic rings. The highest BCUT2D eigenvalue weighted by atomic mass is 32.2. The number of rotatable bonds is 3. The number of benzene rings is 1. The van der Waals surface area contributed by atoms with Crippen molar-refractivity contribution < 1.29 is 8.42 Å². The number of aromatic nitrogens is 2. The van der Waals surface area contributed by atoms with Crippen LogP contribution in [-0.2, 0) is 16.4 Å². The summed E-state index contributed by atoms with van der Waals surface area (Å²) in [4.78, 5) is 11.1. The fraction of sp³-hybridized carbons (Fsp3) is 0.238. The van der Waals surface area contributed by atoms with Gasteiger partial charge in [-0.05, 0) is 46.5 Å². The van der Waals surface area contributed by atoms with Gasteiger partial charge in [-0.15, -0.1) is 0 Å². The number of hydrogen-bond donors (Lipinski definition) is 0. The first-order valence-electron chi connectivity index (χ1n) is 9.02. The van der Waals surface area contributed by atoms with Crippen LogP contribution in [0.25, 0.3) is 11.1 Å². The number of sulfone groups is 1. The second kappa shape index (κ2) is 6.25. The van der Waals surface area contributed by atoms with Crippen molar-refractivity contribution in [3.05, 3.63) is 78.4 Å². The van der Waals surface area contributed by atoms with Crippen molar-refractivity contribution >= 4 is 9.84 Å². The Balaban J connectivity index is 1.49. The Morgan fingerprint density at radius 3 is 2.52 bits per heavy atom. The monoisotopic (exact) mass is 377 g/mol. The maximum atomic E-state index is 13.1. The van der Waals surface area contributed by atoms with Crippen LogP contribution < -0.4 is 0 Å². The number of pyridine rings is 2. The van der Waals surface area contributed by atoms with E-state index in [4.69, 9.17) is 0 Å². The number of fused-ring (bicyclic) bond motifs is 3. The zero-order valence-electron chi connectivity index (χ0n) is 14.7. The van der Waals surface area contributed by atoms with E-state index in [-0.39, 0.29) is 11.2 Å². The van der Waals surface area contributed by atoms with Gasteiger partial charge in [-0.1, -0.05) is 18.2 Å². The van der Waals surface area contributed by atoms with E-state index in [2.05, 4.69) is 14.9 Å². The van der Waals surface area contributed by atoms with Crippen molar-refractivity contribution in [2.45, 2.75) is 22.6 Å². The third-order valence-electron chi connectivity index (χ3n) is 5.58. The average Bonchev–Trinajstić information content (AvgIpc) is 3.21. The zero-order chi connectivity index (χ0) is 18.4. The molecule has 2 aliphatic rings. The summed E-state index contributed by atoms with van der Waals surface area (Å²) in [5, 5.41) is -0.353. The van der Waals surface area contributed by atoms with E-state index in [9.17, 15) is 8.42 Å². The molecule has 4 heterocycles. The predicted molar refractivity (Wildman–Crippen MR) is 103 cm³/mol. The third kappa shape index (κ3) is 2.76. The molecule has 0 spiro atoms. The molecule has 2 aliphatic heterocycles. The predicted octanol–water partition coefficient (Wildman–Crippen LogP) is 2.90. The first kappa shape index (κ1) is 16.6. The molecule has 0 unspecified atom stereocenters. The quantitative estimate of drug-likeness (QED) is 0.702. The van der Waals surface area contributed by atoms with Crippen LogP contribution in [-0.4, -0.2) is 41.6 Å². The van der Waals surface area contributed by atoms with Crippen LogP contribution >= 0.6 is 0 Å². The second-order valence-electron chi connectivity index (χ2n) is 7.24. The maximum Gasteiger partial charge on any atom is 0.183 e. The van der Waals surface area contributed by atoms with E-state index in [0.717, 1.165) is 35.3 Å². The maximum absolute atomic E-state index is 13.1. The standard InChI is InChI=1S/C21H19N3O2S/c25-27(26)20-6-5-16(17-4-2-8-23-11-17)9-18(20)19-13-24(14-21(19)27)12-15-3-1-7-22-10-15/h1-11,19,21H,12-14H2/t19-,21+/m1/s1. The molecule has 5 nitrogen and oxygen atoms in total. The van der Waals surface area contributed by atoms with Gasteiger partial charge in [-0.3, -0.25) is 14.9 Å². The second-order valence-corrected chi connectivity index (χ2v) is 9.37. The lowest BCUT2D eigenvalue weighted by molar-refractivity contribution is 0.325. The molecule has 1 fully saturated rings. The topological polar surface area (TPSA) is 63.2 Å². The molecule has 0 N–H and O–H groups in total. The Labute approximate surface area is 158 Å². The molecule has 6 heteroatoms. The summed E-state index contributed by atoms with van der Waals surface area (Å²) in [7, 11) is -3.28. The van der Waals surface area contributed by atoms with Crippen molar-refractivity contribution in [3.63, 3.8) is 0 Å². The fourth-order valence-electron chi connectivity index (χ4n) is 4.32. The summed E-state index contributed by atoms with van der Waals surface area (Å²) in [6, 6.07) is 13.6. The Bertz CT molecular complexity index is 1080. The molecule has 0 bridgehead atoms. The summed E-state index contributed by atoms with van der Waals surface area (Å²) in [6.45, 7) is 2.05. The fourth-order valence-corrected chi connectivity index (χ4v) is 6.51. The first-order chi connectivity index (χ1) is 13.1. The van der Waals surface area contributed by atoms with E-state index in [1.807, 2.05) is 48.8 Å². The molecule has 0 amide bonds. The number of nitrogens with zero attached hydrogens (tertiary/aromatic N) is 3. The van der Waals surface area contributed by atoms with E-state index < -0.39 is 9.84 Å². The molecular weight excluding hydrogens is 358 g/mol. The Morgan fingerprint density at radius 1 is 0.963 bits per heavy atom. The normalized spacial score (nSPS) is 23.1. The van der Waals surface area contributed by atoms with Crippen molar-refractivity contribution in [3.8, 4) is 11.1 Å². The van der Waals surface area contributed by atoms with E-state index in [1.165, 1.54) is 0 Å². The minimum Gasteiger partial charge on any atom is -0.297 e. The molecule has 27 heavy (non-hydrogen) atoms. The molecule has 2 atom stereocenters. The van der Waals surface area contributed by atoms with Crippen LogP contribution in [0.1, 0.15) is 17.0 Å². The van der Waals surface area contributed by atoms with Gasteiger partial charge in [0.15, 0.2) is 9.84 Å². The highest BCUT2D eigenvalue weighted by molar-refractivity contribution is 7.92. The lowest BCUT2D eigenvalue weighted by Crippen LogP contribution is -2.25. The van der Waals surface area contributed by atoms with E-state index in [1.54, 1.807) is 18.5 Å². The van der Waals surface area contributed by atoms with Crippen LogP contribution in [0.3, 0.4) is 0 Å². The lowest BCUT2D eigenvalue weighted by atomic mass is 9.95. The van der Waals surface area contributed by atoms with Crippen molar-refractivity contribution in [1.82, 2.24) is 14.9 Å². The Morgan fingerprint density at radius 2 is 1.78 bits per heavy atom. The van der Waals surface area contributed by atoms with Crippen molar-refractivity contribution in [1.29, 1.82) is 0 Å². The molecule has 0 aliphatic carbocycles. The van der Waals surface area contributed by atoms with Crippen LogP contribution in [0.5, 0.6) is 0 Å². The summed E-state index contributed by atoms with van der Waals surface area (Å²) >= 11 is 0. The van der Waals surface area contributed by atoms with Gasteiger partial charge in [-0.2, -0.15) is 0 Å². The van der Waals surface area contributed by atoms with E-state index in [0.29, 0.717) is 11.4 Å². The van der Waals surface area contributed by atoms with Crippen LogP contribution in [0.4, 0.5) is 0 Å². The molecule has 2 aromatic heterocycles. The largest absolute Gasteiger partial charge is 0.297 e. The third-order valence-corrected chi connectivity index (χ3v) is 7.84. The van der Waals surface area contributed by atoms with Gasteiger partial charge in [0.25, 0.3) is 0 Å². The number of likely N-dealkylation sites (tertiary alicyclic amines) is 1. The zero-order valence-corrected chi connectivity index (χ0v) is 15.5. The van der Waals surface area contributed by atoms with Crippen LogP contribution in [0.15, 0.2) is 72.1 Å². The molecule has 0 radical (unpaired) electrons. The van der Waals surface area contributed by atoms with Gasteiger partial charge in [0.1, 0.15) is 0 Å². The van der Waals surface area contributed by atoms with Gasteiger partial charge < -0.3 is 0 Å². The smallest absolute Gasteiger partial charge is 0.183 e. The highest BCUT2D eigenvalue weighted by Gasteiger charge is 2.50. The SMILES string of the molecule is O=S1(=O)c2ccc(-c3cccnc3)cc2[C@H]2CN(Cc3cccnc3)C[C@@H]21. The average molecular weight is 377 g/mol. The van der Waals surface area contributed by atoms with Crippen LogP contribution in [0, 0.1) is 0 Å². The van der Waals surface area contributed by atoms with Gasteiger partial charge >= 0.3 is 0 Å². The Hall–Kier alpha value is -2.57. The molecular formula is C21H19N3O2S. The van der Waals surface area contributed by atoms with Gasteiger partial charge in [0, 0.05) is 50.3 Å². The molecule has 0 saturated carbocycles. The van der Waals surface area contributed by atoms with Gasteiger partial charge in [0.05, 0.1) is 10.1 Å². The minimum absolute atomic E-state index is 0.0262. The molecule has 1 aromatic carbocycles. The lowest BCUT2D eigenvalue weighted by Gasteiger charge is -2.17. The Kier molecular flexibility index (Phi) is 3.84. The van der Waals surface area contributed by atoms with Gasteiger partial charge in [-0.25, -0.2) is 8.42 Å². The highest BCUT2D eigenvalue weighted by Crippen LogP contribution is 2.46. The number of hydrogen-bond acceptors (Lipinski definition) is 5. The van der Waals surface area contributed by atoms with Crippen LogP contribution in [0.2, 0.25) is 0 Å². The molecule has 1 saturated heterocycles. The van der Waals surface area contributed by atoms with Crippen molar-refractivity contribution in [2.75, 3.05) is 13.1 Å². The summed E-state index contributed by atoms with van der Waals surface area (Å²) in [5.41, 5.74) is 4.09. The van der Waals surface area contributed by atoms with E-state index >= 15 is 0 Å². The van der Waals surface area contributed by atoms with Crippen molar-refractivity contribution in [2.24, 2.45) is 0 Å². The molecule has 5 rings (SSSR count). The first-order valence-corrected chi connectivity index (χ1v) is 10.6. The minimum atomic E-state index is -3.28. The summed E-state index contributed by atoms with van der Waals surface area (Å²) in [6.07, 6.45) is 7.15. The van der Waals surface area contributed by atoms with Gasteiger partial charge in [0.2, 0.25) is 0 Å².